The fraction of sp³-hybridized carbons (Fsp3) is 0.867. The van der Waals surface area contributed by atoms with Crippen molar-refractivity contribution in [2.75, 3.05) is 0 Å². The Morgan fingerprint density at radius 2 is 0.733 bits per heavy atom. The molecule has 0 amide bonds. The quantitative estimate of drug-likeness (QED) is 0.393. The molecule has 0 fully saturated rings. The van der Waals surface area contributed by atoms with Crippen molar-refractivity contribution in [3.05, 3.63) is 24.3 Å². The summed E-state index contributed by atoms with van der Waals surface area (Å²) in [5.41, 5.74) is 2.08. The van der Waals surface area contributed by atoms with E-state index in [4.69, 9.17) is 0 Å². The van der Waals surface area contributed by atoms with E-state index in [0.717, 1.165) is 0 Å². The molecule has 0 atom stereocenters. The van der Waals surface area contributed by atoms with Crippen LogP contribution in [-0.4, -0.2) is 0 Å². The first-order chi connectivity index (χ1) is 12.9. The number of hydrogen-bond acceptors (Lipinski definition) is 0. The molecule has 0 unspecified atom stereocenters. The maximum atomic E-state index is 2.27. The van der Waals surface area contributed by atoms with Gasteiger partial charge in [0.05, 0.1) is 0 Å². The molecule has 0 bridgehead atoms. The second-order valence-corrected chi connectivity index (χ2v) is 13.3. The van der Waals surface area contributed by atoms with Crippen LogP contribution in [0, 0.1) is 27.1 Å². The fourth-order valence-corrected chi connectivity index (χ4v) is 1.24. The molecule has 0 saturated carbocycles. The number of allylic oxidation sites excluding steroid dienone is 4. The molecule has 0 heterocycles. The van der Waals surface area contributed by atoms with E-state index in [-0.39, 0.29) is 0 Å². The van der Waals surface area contributed by atoms with Gasteiger partial charge in [-0.15, -0.1) is 0 Å². The zero-order valence-corrected chi connectivity index (χ0v) is 25.5. The molecule has 0 N–H and O–H groups in total. The van der Waals surface area contributed by atoms with Gasteiger partial charge < -0.3 is 0 Å². The minimum absolute atomic E-state index is 0.307. The van der Waals surface area contributed by atoms with Gasteiger partial charge in [-0.05, 0) is 47.3 Å². The smallest absolute Gasteiger partial charge is 0.0126 e. The molecular formula is C30H66. The van der Waals surface area contributed by atoms with Gasteiger partial charge in [-0.25, -0.2) is 0 Å². The molecule has 0 saturated heterocycles. The van der Waals surface area contributed by atoms with Crippen molar-refractivity contribution in [1.29, 1.82) is 0 Å². The summed E-state index contributed by atoms with van der Waals surface area (Å²) < 4.78 is 0. The van der Waals surface area contributed by atoms with E-state index in [1.807, 2.05) is 13.8 Å². The van der Waals surface area contributed by atoms with Crippen molar-refractivity contribution in [1.82, 2.24) is 0 Å². The fourth-order valence-electron chi connectivity index (χ4n) is 1.24. The van der Waals surface area contributed by atoms with Gasteiger partial charge >= 0.3 is 0 Å². The van der Waals surface area contributed by atoms with Crippen LogP contribution in [0.15, 0.2) is 24.3 Å². The van der Waals surface area contributed by atoms with E-state index < -0.39 is 0 Å². The average molecular weight is 427 g/mol. The lowest BCUT2D eigenvalue weighted by atomic mass is 9.69. The third-order valence-electron chi connectivity index (χ3n) is 4.05. The topological polar surface area (TPSA) is 0 Å². The van der Waals surface area contributed by atoms with Gasteiger partial charge in [0.15, 0.2) is 0 Å². The summed E-state index contributed by atoms with van der Waals surface area (Å²) in [6.07, 6.45) is 9.98. The number of hydrogen-bond donors (Lipinski definition) is 0. The van der Waals surface area contributed by atoms with E-state index in [2.05, 4.69) is 149 Å². The molecule has 0 spiro atoms. The van der Waals surface area contributed by atoms with Crippen LogP contribution in [0.2, 0.25) is 0 Å². The Balaban J connectivity index is -0.0000000937. The molecule has 0 aromatic rings. The standard InChI is InChI=1S/C10H20.C8H16.2C5H12.C2H6/c1-7-8-10(5,6)9(2,3)4;1-5-7-8(3,4)6-2;2*1-5(2,3)4;1-2/h7-8H,1-6H3;5,7H,6H2,1-4H3;2*1-4H3;1-2H3/b8-7-;7-5-;;;. The molecule has 0 radical (unpaired) electrons. The Bertz CT molecular complexity index is 371. The molecule has 0 nitrogen and oxygen atoms in total. The predicted molar refractivity (Wildman–Crippen MR) is 149 cm³/mol. The van der Waals surface area contributed by atoms with Crippen LogP contribution in [0.25, 0.3) is 0 Å². The van der Waals surface area contributed by atoms with Crippen LogP contribution < -0.4 is 0 Å². The summed E-state index contributed by atoms with van der Waals surface area (Å²) in [4.78, 5) is 0. The highest BCUT2D eigenvalue weighted by Crippen LogP contribution is 2.38. The largest absolute Gasteiger partial charge is 0.0911 e. The molecule has 0 aliphatic carbocycles. The highest BCUT2D eigenvalue weighted by Gasteiger charge is 2.29. The average Bonchev–Trinajstić information content (AvgIpc) is 2.45. The van der Waals surface area contributed by atoms with Gasteiger partial charge in [0.2, 0.25) is 0 Å². The lowest BCUT2D eigenvalue weighted by Gasteiger charge is -2.36. The van der Waals surface area contributed by atoms with E-state index >= 15 is 0 Å². The molecule has 0 aromatic heterocycles. The summed E-state index contributed by atoms with van der Waals surface area (Å²) >= 11 is 0. The van der Waals surface area contributed by atoms with Gasteiger partial charge in [0, 0.05) is 0 Å². The van der Waals surface area contributed by atoms with Gasteiger partial charge in [-0.3, -0.25) is 0 Å². The summed E-state index contributed by atoms with van der Waals surface area (Å²) in [7, 11) is 0. The third-order valence-corrected chi connectivity index (χ3v) is 4.05. The van der Waals surface area contributed by atoms with Crippen molar-refractivity contribution in [2.45, 2.75) is 145 Å². The Hall–Kier alpha value is -0.520. The maximum Gasteiger partial charge on any atom is -0.0126 e. The van der Waals surface area contributed by atoms with Crippen molar-refractivity contribution < 1.29 is 0 Å². The lowest BCUT2D eigenvalue weighted by molar-refractivity contribution is 0.192. The SMILES string of the molecule is C/C=C\C(C)(C)C(C)(C)C.C/C=C\C(C)(C)CC.CC.CC(C)(C)C.CC(C)(C)C. The molecular weight excluding hydrogens is 360 g/mol. The van der Waals surface area contributed by atoms with Crippen molar-refractivity contribution in [3.63, 3.8) is 0 Å². The summed E-state index contributed by atoms with van der Waals surface area (Å²) in [5.74, 6) is 0. The van der Waals surface area contributed by atoms with E-state index in [1.54, 1.807) is 0 Å². The lowest BCUT2D eigenvalue weighted by Crippen LogP contribution is -2.27. The summed E-state index contributed by atoms with van der Waals surface area (Å²) in [6.45, 7) is 43.7. The van der Waals surface area contributed by atoms with Crippen LogP contribution in [0.3, 0.4) is 0 Å². The monoisotopic (exact) mass is 427 g/mol. The third kappa shape index (κ3) is 50.8. The highest BCUT2D eigenvalue weighted by molar-refractivity contribution is 4.99. The normalized spacial score (nSPS) is 12.5. The van der Waals surface area contributed by atoms with Crippen LogP contribution in [0.5, 0.6) is 0 Å². The second kappa shape index (κ2) is 18.1. The Morgan fingerprint density at radius 1 is 0.500 bits per heavy atom. The van der Waals surface area contributed by atoms with Crippen LogP contribution >= 0.6 is 0 Å². The van der Waals surface area contributed by atoms with Gasteiger partial charge in [0.25, 0.3) is 0 Å². The first kappa shape index (κ1) is 39.9. The maximum absolute atomic E-state index is 2.27. The molecule has 30 heavy (non-hydrogen) atoms. The molecule has 0 rings (SSSR count). The van der Waals surface area contributed by atoms with Gasteiger partial charge in [-0.1, -0.05) is 149 Å². The Labute approximate surface area is 196 Å². The molecule has 186 valence electrons. The van der Waals surface area contributed by atoms with Gasteiger partial charge in [0.1, 0.15) is 0 Å². The predicted octanol–water partition coefficient (Wildman–Crippen LogP) is 11.8. The summed E-state index contributed by atoms with van der Waals surface area (Å²) in [6, 6.07) is 0. The minimum atomic E-state index is 0.307. The molecule has 0 aliphatic heterocycles. The van der Waals surface area contributed by atoms with Crippen molar-refractivity contribution in [2.24, 2.45) is 27.1 Å². The van der Waals surface area contributed by atoms with E-state index in [9.17, 15) is 0 Å². The molecule has 0 aliphatic rings. The van der Waals surface area contributed by atoms with Crippen LogP contribution in [0.4, 0.5) is 0 Å². The number of rotatable bonds is 3. The zero-order valence-electron chi connectivity index (χ0n) is 25.5. The zero-order chi connectivity index (χ0) is 26.0. The van der Waals surface area contributed by atoms with Crippen molar-refractivity contribution >= 4 is 0 Å². The Morgan fingerprint density at radius 3 is 0.800 bits per heavy atom. The first-order valence-corrected chi connectivity index (χ1v) is 12.2. The second-order valence-electron chi connectivity index (χ2n) is 13.3. The van der Waals surface area contributed by atoms with E-state index in [1.165, 1.54) is 6.42 Å². The summed E-state index contributed by atoms with van der Waals surface area (Å²) in [5, 5.41) is 0. The van der Waals surface area contributed by atoms with Gasteiger partial charge in [-0.2, -0.15) is 0 Å². The molecule has 0 aromatic carbocycles. The molecule has 0 heteroatoms. The van der Waals surface area contributed by atoms with E-state index in [0.29, 0.717) is 27.1 Å². The van der Waals surface area contributed by atoms with Crippen LogP contribution in [-0.2, 0) is 0 Å². The highest BCUT2D eigenvalue weighted by atomic mass is 14.3. The van der Waals surface area contributed by atoms with Crippen molar-refractivity contribution in [3.8, 4) is 0 Å². The minimum Gasteiger partial charge on any atom is -0.0911 e. The first-order valence-electron chi connectivity index (χ1n) is 12.2. The Kier molecular flexibility index (Phi) is 24.1. The van der Waals surface area contributed by atoms with Crippen LogP contribution in [0.1, 0.15) is 145 Å².